The summed E-state index contributed by atoms with van der Waals surface area (Å²) in [4.78, 5) is 0. The Kier molecular flexibility index (Phi) is 5.06. The van der Waals surface area contributed by atoms with Crippen molar-refractivity contribution >= 4 is 9.04 Å². The van der Waals surface area contributed by atoms with Crippen LogP contribution in [0.3, 0.4) is 0 Å². The molecule has 2 heteroatoms. The Hall–Kier alpha value is -0.603. The third kappa shape index (κ3) is 3.80. The van der Waals surface area contributed by atoms with Crippen molar-refractivity contribution in [1.82, 2.24) is 0 Å². The number of aryl methyl sites for hydroxylation is 1. The number of benzene rings is 1. The first-order valence-corrected chi connectivity index (χ1v) is 7.99. The van der Waals surface area contributed by atoms with Gasteiger partial charge in [0.1, 0.15) is 0 Å². The predicted molar refractivity (Wildman–Crippen MR) is 68.8 cm³/mol. The molecule has 15 heavy (non-hydrogen) atoms. The minimum Gasteiger partial charge on any atom is -0.413 e. The lowest BCUT2D eigenvalue weighted by atomic mass is 10.1. The van der Waals surface area contributed by atoms with Crippen LogP contribution in [0, 0.1) is 6.92 Å². The Morgan fingerprint density at radius 2 is 1.67 bits per heavy atom. The van der Waals surface area contributed by atoms with Crippen LogP contribution < -0.4 is 0 Å². The maximum Gasteiger partial charge on any atom is 0.177 e. The van der Waals surface area contributed by atoms with Crippen LogP contribution in [-0.2, 0) is 4.43 Å². The molecule has 0 fully saturated rings. The van der Waals surface area contributed by atoms with Crippen molar-refractivity contribution in [1.29, 1.82) is 0 Å². The van der Waals surface area contributed by atoms with E-state index in [4.69, 9.17) is 4.43 Å². The number of rotatable bonds is 5. The monoisotopic (exact) mass is 222 g/mol. The largest absolute Gasteiger partial charge is 0.413 e. The van der Waals surface area contributed by atoms with Gasteiger partial charge in [-0.2, -0.15) is 0 Å². The highest BCUT2D eigenvalue weighted by Gasteiger charge is 2.12. The van der Waals surface area contributed by atoms with E-state index in [9.17, 15) is 0 Å². The highest BCUT2D eigenvalue weighted by atomic mass is 28.3. The second-order valence-electron chi connectivity index (χ2n) is 4.13. The van der Waals surface area contributed by atoms with E-state index < -0.39 is 9.04 Å². The molecule has 1 aromatic carbocycles. The first-order chi connectivity index (χ1) is 7.17. The first kappa shape index (κ1) is 12.5. The van der Waals surface area contributed by atoms with Gasteiger partial charge in [0.25, 0.3) is 0 Å². The molecule has 0 bridgehead atoms. The summed E-state index contributed by atoms with van der Waals surface area (Å²) in [6, 6.07) is 11.1. The zero-order valence-electron chi connectivity index (χ0n) is 10.3. The normalized spacial score (nSPS) is 13.1. The minimum atomic E-state index is -0.932. The fraction of sp³-hybridized carbons (Fsp3) is 0.538. The molecule has 0 saturated carbocycles. The van der Waals surface area contributed by atoms with Gasteiger partial charge in [-0.05, 0) is 31.5 Å². The maximum absolute atomic E-state index is 6.11. The van der Waals surface area contributed by atoms with Gasteiger partial charge in [-0.1, -0.05) is 43.7 Å². The highest BCUT2D eigenvalue weighted by molar-refractivity contribution is 6.51. The highest BCUT2D eigenvalue weighted by Crippen LogP contribution is 2.19. The molecule has 0 aliphatic rings. The van der Waals surface area contributed by atoms with Crippen LogP contribution in [0.2, 0.25) is 12.1 Å². The van der Waals surface area contributed by atoms with Crippen molar-refractivity contribution in [2.24, 2.45) is 0 Å². The van der Waals surface area contributed by atoms with Crippen LogP contribution in [-0.4, -0.2) is 9.04 Å². The van der Waals surface area contributed by atoms with E-state index in [-0.39, 0.29) is 6.10 Å². The first-order valence-electron chi connectivity index (χ1n) is 5.89. The second-order valence-corrected chi connectivity index (χ2v) is 7.28. The Bertz CT molecular complexity index is 277. The molecule has 0 radical (unpaired) electrons. The minimum absolute atomic E-state index is 0.266. The topological polar surface area (TPSA) is 9.23 Å². The maximum atomic E-state index is 6.11. The van der Waals surface area contributed by atoms with Crippen LogP contribution in [0.5, 0.6) is 0 Å². The Labute approximate surface area is 95.2 Å². The van der Waals surface area contributed by atoms with Crippen molar-refractivity contribution in [2.45, 2.75) is 45.9 Å². The van der Waals surface area contributed by atoms with Crippen molar-refractivity contribution < 1.29 is 4.43 Å². The Morgan fingerprint density at radius 1 is 1.13 bits per heavy atom. The van der Waals surface area contributed by atoms with Crippen LogP contribution in [0.15, 0.2) is 24.3 Å². The average molecular weight is 222 g/mol. The average Bonchev–Trinajstić information content (AvgIpc) is 2.26. The zero-order chi connectivity index (χ0) is 11.3. The summed E-state index contributed by atoms with van der Waals surface area (Å²) in [7, 11) is -0.932. The summed E-state index contributed by atoms with van der Waals surface area (Å²) in [6.07, 6.45) is 0.266. The molecule has 1 unspecified atom stereocenters. The molecule has 1 atom stereocenters. The zero-order valence-corrected chi connectivity index (χ0v) is 11.4. The van der Waals surface area contributed by atoms with Crippen molar-refractivity contribution in [3.63, 3.8) is 0 Å². The molecule has 1 nitrogen and oxygen atoms in total. The van der Waals surface area contributed by atoms with Gasteiger partial charge >= 0.3 is 0 Å². The molecule has 0 saturated heterocycles. The lowest BCUT2D eigenvalue weighted by Crippen LogP contribution is -2.17. The summed E-state index contributed by atoms with van der Waals surface area (Å²) >= 11 is 0. The van der Waals surface area contributed by atoms with Crippen molar-refractivity contribution in [3.8, 4) is 0 Å². The van der Waals surface area contributed by atoms with Gasteiger partial charge in [-0.15, -0.1) is 0 Å². The number of hydrogen-bond donors (Lipinski definition) is 0. The van der Waals surface area contributed by atoms with Crippen LogP contribution in [0.1, 0.15) is 38.0 Å². The lowest BCUT2D eigenvalue weighted by Gasteiger charge is -2.19. The van der Waals surface area contributed by atoms with E-state index in [1.165, 1.54) is 23.2 Å². The molecule has 0 amide bonds. The molecule has 0 N–H and O–H groups in total. The SMILES string of the molecule is CC[SiH](CC)OC(C)c1ccc(C)cc1. The molecular weight excluding hydrogens is 200 g/mol. The standard InChI is InChI=1S/C13H22OSi/c1-5-15(6-2)14-12(4)13-9-7-11(3)8-10-13/h7-10,12,15H,5-6H2,1-4H3. The van der Waals surface area contributed by atoms with Gasteiger partial charge in [-0.3, -0.25) is 0 Å². The molecule has 0 aliphatic carbocycles. The third-order valence-electron chi connectivity index (χ3n) is 2.85. The summed E-state index contributed by atoms with van der Waals surface area (Å²) in [5, 5.41) is 0. The van der Waals surface area contributed by atoms with E-state index in [1.54, 1.807) is 0 Å². The van der Waals surface area contributed by atoms with Gasteiger partial charge in [0, 0.05) is 0 Å². The van der Waals surface area contributed by atoms with Crippen LogP contribution in [0.25, 0.3) is 0 Å². The quantitative estimate of drug-likeness (QED) is 0.688. The summed E-state index contributed by atoms with van der Waals surface area (Å²) < 4.78 is 6.11. The predicted octanol–water partition coefficient (Wildman–Crippen LogP) is 3.84. The molecule has 0 aliphatic heterocycles. The third-order valence-corrected chi connectivity index (χ3v) is 5.47. The fourth-order valence-corrected chi connectivity index (χ4v) is 3.38. The van der Waals surface area contributed by atoms with Gasteiger partial charge in [0.2, 0.25) is 0 Å². The molecule has 0 spiro atoms. The van der Waals surface area contributed by atoms with E-state index in [1.807, 2.05) is 0 Å². The summed E-state index contributed by atoms with van der Waals surface area (Å²) in [5.41, 5.74) is 2.62. The van der Waals surface area contributed by atoms with Crippen LogP contribution in [0.4, 0.5) is 0 Å². The van der Waals surface area contributed by atoms with Crippen molar-refractivity contribution in [3.05, 3.63) is 35.4 Å². The molecular formula is C13H22OSi. The van der Waals surface area contributed by atoms with Gasteiger partial charge in [-0.25, -0.2) is 0 Å². The van der Waals surface area contributed by atoms with Crippen LogP contribution >= 0.6 is 0 Å². The molecule has 1 aromatic rings. The van der Waals surface area contributed by atoms with E-state index >= 15 is 0 Å². The molecule has 0 heterocycles. The lowest BCUT2D eigenvalue weighted by molar-refractivity contribution is 0.226. The van der Waals surface area contributed by atoms with E-state index in [0.29, 0.717) is 0 Å². The molecule has 84 valence electrons. The smallest absolute Gasteiger partial charge is 0.177 e. The van der Waals surface area contributed by atoms with E-state index in [2.05, 4.69) is 52.0 Å². The molecule has 0 aromatic heterocycles. The summed E-state index contributed by atoms with van der Waals surface area (Å²) in [6.45, 7) is 8.76. The summed E-state index contributed by atoms with van der Waals surface area (Å²) in [5.74, 6) is 0. The van der Waals surface area contributed by atoms with Gasteiger partial charge in [0.05, 0.1) is 6.10 Å². The second kappa shape index (κ2) is 6.08. The molecule has 1 rings (SSSR count). The fourth-order valence-electron chi connectivity index (χ4n) is 1.69. The van der Waals surface area contributed by atoms with E-state index in [0.717, 1.165) is 0 Å². The van der Waals surface area contributed by atoms with Crippen molar-refractivity contribution in [2.75, 3.05) is 0 Å². The van der Waals surface area contributed by atoms with Gasteiger partial charge < -0.3 is 4.43 Å². The number of hydrogen-bond acceptors (Lipinski definition) is 1. The van der Waals surface area contributed by atoms with Gasteiger partial charge in [0.15, 0.2) is 9.04 Å². The Balaban J connectivity index is 2.60. The Morgan fingerprint density at radius 3 is 2.13 bits per heavy atom.